The number of nitrogens with zero attached hydrogens (tertiary/aromatic N) is 2. The first kappa shape index (κ1) is 19.9. The molecule has 29 heavy (non-hydrogen) atoms. The lowest BCUT2D eigenvalue weighted by Gasteiger charge is -2.42. The van der Waals surface area contributed by atoms with Crippen LogP contribution in [0.15, 0.2) is 0 Å². The molecule has 0 aromatic heterocycles. The van der Waals surface area contributed by atoms with Gasteiger partial charge in [-0.05, 0) is 39.0 Å². The Morgan fingerprint density at radius 1 is 1.14 bits per heavy atom. The highest BCUT2D eigenvalue weighted by molar-refractivity contribution is 6.06. The number of fused-ring (bicyclic) bond motifs is 1. The molecule has 0 spiro atoms. The Bertz CT molecular complexity index is 718. The van der Waals surface area contributed by atoms with Gasteiger partial charge in [-0.15, -0.1) is 0 Å². The van der Waals surface area contributed by atoms with Crippen LogP contribution in [-0.4, -0.2) is 77.7 Å². The Morgan fingerprint density at radius 3 is 2.52 bits per heavy atom. The highest BCUT2D eigenvalue weighted by Crippen LogP contribution is 2.33. The molecule has 0 radical (unpaired) electrons. The van der Waals surface area contributed by atoms with E-state index >= 15 is 0 Å². The molecule has 3 atom stereocenters. The summed E-state index contributed by atoms with van der Waals surface area (Å²) in [6, 6.07) is -0.559. The van der Waals surface area contributed by atoms with Crippen molar-refractivity contribution in [2.45, 2.75) is 57.3 Å². The van der Waals surface area contributed by atoms with Crippen LogP contribution in [0.1, 0.15) is 39.5 Å². The molecule has 6 amide bonds. The molecule has 0 unspecified atom stereocenters. The highest BCUT2D eigenvalue weighted by atomic mass is 16.5. The van der Waals surface area contributed by atoms with Crippen molar-refractivity contribution < 1.29 is 23.9 Å². The third kappa shape index (κ3) is 3.77. The molecule has 0 saturated carbocycles. The molecular formula is C19H29N5O5. The van der Waals surface area contributed by atoms with Crippen molar-refractivity contribution in [1.29, 1.82) is 0 Å². The van der Waals surface area contributed by atoms with E-state index in [0.29, 0.717) is 25.6 Å². The topological polar surface area (TPSA) is 120 Å². The molecule has 4 rings (SSSR count). The predicted octanol–water partition coefficient (Wildman–Crippen LogP) is -0.0105. The largest absolute Gasteiger partial charge is 0.358 e. The van der Waals surface area contributed by atoms with E-state index in [0.717, 1.165) is 24.2 Å². The van der Waals surface area contributed by atoms with Gasteiger partial charge in [-0.1, -0.05) is 0 Å². The van der Waals surface area contributed by atoms with Gasteiger partial charge in [-0.25, -0.2) is 9.59 Å². The van der Waals surface area contributed by atoms with E-state index < -0.39 is 11.6 Å². The summed E-state index contributed by atoms with van der Waals surface area (Å²) < 4.78 is 5.62. The summed E-state index contributed by atoms with van der Waals surface area (Å²) in [5.74, 6) is 0.225. The number of amides is 6. The van der Waals surface area contributed by atoms with Gasteiger partial charge in [0.05, 0.1) is 0 Å². The van der Waals surface area contributed by atoms with E-state index in [2.05, 4.69) is 16.0 Å². The van der Waals surface area contributed by atoms with Gasteiger partial charge in [0, 0.05) is 44.6 Å². The summed E-state index contributed by atoms with van der Waals surface area (Å²) in [4.78, 5) is 51.6. The Kier molecular flexibility index (Phi) is 5.14. The van der Waals surface area contributed by atoms with Gasteiger partial charge in [0.25, 0.3) is 5.91 Å². The first-order valence-electron chi connectivity index (χ1n) is 10.4. The molecule has 4 aliphatic heterocycles. The monoisotopic (exact) mass is 407 g/mol. The summed E-state index contributed by atoms with van der Waals surface area (Å²) in [5, 5.41) is 8.51. The van der Waals surface area contributed by atoms with Crippen LogP contribution < -0.4 is 16.0 Å². The Balaban J connectivity index is 1.27. The zero-order chi connectivity index (χ0) is 20.8. The minimum atomic E-state index is -0.917. The van der Waals surface area contributed by atoms with Gasteiger partial charge >= 0.3 is 12.1 Å². The summed E-state index contributed by atoms with van der Waals surface area (Å²) >= 11 is 0. The standard InChI is InChI=1S/C19H29N5O5/c1-19(2)16(26)24(18(28)22-19)9-5-13(25)23-7-3-11(4-8-23)14-12-6-10-29-15(12)21-17(27)20-14/h11-12,14-15H,3-10H2,1-2H3,(H,22,28)(H2,20,21,27)/t12-,14-,15-/m0/s1. The zero-order valence-corrected chi connectivity index (χ0v) is 16.9. The second kappa shape index (κ2) is 7.47. The molecule has 0 aromatic carbocycles. The predicted molar refractivity (Wildman–Crippen MR) is 102 cm³/mol. The maximum Gasteiger partial charge on any atom is 0.325 e. The average Bonchev–Trinajstić information content (AvgIpc) is 3.22. The lowest BCUT2D eigenvalue weighted by molar-refractivity contribution is -0.134. The number of ether oxygens (including phenoxy) is 1. The number of imide groups is 1. The van der Waals surface area contributed by atoms with Crippen molar-refractivity contribution in [3.8, 4) is 0 Å². The van der Waals surface area contributed by atoms with Gasteiger partial charge in [-0.2, -0.15) is 0 Å². The van der Waals surface area contributed by atoms with Crippen molar-refractivity contribution >= 4 is 23.9 Å². The number of carbonyl (C=O) groups is 4. The number of urea groups is 2. The van der Waals surface area contributed by atoms with Crippen molar-refractivity contribution in [3.05, 3.63) is 0 Å². The Morgan fingerprint density at radius 2 is 1.86 bits per heavy atom. The van der Waals surface area contributed by atoms with E-state index in [9.17, 15) is 19.2 Å². The lowest BCUT2D eigenvalue weighted by Crippen LogP contribution is -2.62. The van der Waals surface area contributed by atoms with Gasteiger partial charge in [0.1, 0.15) is 11.8 Å². The van der Waals surface area contributed by atoms with Crippen LogP contribution >= 0.6 is 0 Å². The second-order valence-electron chi connectivity index (χ2n) is 8.87. The van der Waals surface area contributed by atoms with E-state index in [1.165, 1.54) is 0 Å². The summed E-state index contributed by atoms with van der Waals surface area (Å²) in [6.45, 7) is 5.29. The fraction of sp³-hybridized carbons (Fsp3) is 0.789. The molecule has 160 valence electrons. The minimum Gasteiger partial charge on any atom is -0.358 e. The van der Waals surface area contributed by atoms with E-state index in [1.54, 1.807) is 18.7 Å². The van der Waals surface area contributed by atoms with Crippen LogP contribution in [0.25, 0.3) is 0 Å². The molecule has 4 fully saturated rings. The normalized spacial score (nSPS) is 31.9. The molecule has 4 aliphatic rings. The van der Waals surface area contributed by atoms with Crippen LogP contribution in [-0.2, 0) is 14.3 Å². The van der Waals surface area contributed by atoms with E-state index in [1.807, 2.05) is 0 Å². The molecule has 0 aliphatic carbocycles. The van der Waals surface area contributed by atoms with Gasteiger partial charge in [0.2, 0.25) is 5.91 Å². The fourth-order valence-corrected chi connectivity index (χ4v) is 4.91. The first-order chi connectivity index (χ1) is 13.8. The molecule has 10 heteroatoms. The Labute approximate surface area is 169 Å². The maximum atomic E-state index is 12.6. The summed E-state index contributed by atoms with van der Waals surface area (Å²) in [5.41, 5.74) is -0.917. The number of carbonyl (C=O) groups excluding carboxylic acids is 4. The molecule has 0 bridgehead atoms. The van der Waals surface area contributed by atoms with Crippen LogP contribution in [0.4, 0.5) is 9.59 Å². The van der Waals surface area contributed by atoms with Gasteiger partial charge < -0.3 is 25.6 Å². The van der Waals surface area contributed by atoms with Crippen LogP contribution in [0.3, 0.4) is 0 Å². The SMILES string of the molecule is CC1(C)NC(=O)N(CCC(=O)N2CCC([C@@H]3NC(=O)N[C@H]4OCC[C@H]43)CC2)C1=O. The summed E-state index contributed by atoms with van der Waals surface area (Å²) in [7, 11) is 0. The third-order valence-corrected chi connectivity index (χ3v) is 6.56. The van der Waals surface area contributed by atoms with Crippen LogP contribution in [0.2, 0.25) is 0 Å². The molecule has 3 N–H and O–H groups in total. The number of hydrogen-bond donors (Lipinski definition) is 3. The molecule has 4 saturated heterocycles. The van der Waals surface area contributed by atoms with Crippen LogP contribution in [0.5, 0.6) is 0 Å². The van der Waals surface area contributed by atoms with Crippen molar-refractivity contribution in [2.24, 2.45) is 11.8 Å². The maximum absolute atomic E-state index is 12.6. The average molecular weight is 407 g/mol. The summed E-state index contributed by atoms with van der Waals surface area (Å²) in [6.07, 6.45) is 2.47. The number of hydrogen-bond acceptors (Lipinski definition) is 5. The minimum absolute atomic E-state index is 0.0508. The lowest BCUT2D eigenvalue weighted by atomic mass is 9.80. The fourth-order valence-electron chi connectivity index (χ4n) is 4.91. The number of rotatable bonds is 4. The first-order valence-corrected chi connectivity index (χ1v) is 10.4. The van der Waals surface area contributed by atoms with Crippen molar-refractivity contribution in [3.63, 3.8) is 0 Å². The second-order valence-corrected chi connectivity index (χ2v) is 8.87. The van der Waals surface area contributed by atoms with Crippen LogP contribution in [0, 0.1) is 11.8 Å². The number of piperidine rings is 1. The zero-order valence-electron chi connectivity index (χ0n) is 16.9. The van der Waals surface area contributed by atoms with Gasteiger partial charge in [-0.3, -0.25) is 14.5 Å². The van der Waals surface area contributed by atoms with E-state index in [-0.39, 0.29) is 49.0 Å². The van der Waals surface area contributed by atoms with E-state index in [4.69, 9.17) is 4.74 Å². The molecule has 10 nitrogen and oxygen atoms in total. The highest BCUT2D eigenvalue weighted by Gasteiger charge is 2.46. The molecule has 4 heterocycles. The molecule has 0 aromatic rings. The van der Waals surface area contributed by atoms with Crippen molar-refractivity contribution in [1.82, 2.24) is 25.8 Å². The Hall–Kier alpha value is -2.36. The quantitative estimate of drug-likeness (QED) is 0.566. The number of nitrogens with one attached hydrogen (secondary N) is 3. The van der Waals surface area contributed by atoms with Crippen molar-refractivity contribution in [2.75, 3.05) is 26.2 Å². The smallest absolute Gasteiger partial charge is 0.325 e. The molecular weight excluding hydrogens is 378 g/mol. The third-order valence-electron chi connectivity index (χ3n) is 6.56. The van der Waals surface area contributed by atoms with Gasteiger partial charge in [0.15, 0.2) is 0 Å². The number of likely N-dealkylation sites (tertiary alicyclic amines) is 1.